The van der Waals surface area contributed by atoms with Crippen molar-refractivity contribution in [1.82, 2.24) is 4.98 Å². The van der Waals surface area contributed by atoms with Gasteiger partial charge in [0.1, 0.15) is 0 Å². The van der Waals surface area contributed by atoms with Gasteiger partial charge in [0.2, 0.25) is 5.75 Å². The molecule has 0 radical (unpaired) electrons. The molecule has 0 aromatic carbocycles. The molecule has 0 unspecified atom stereocenters. The van der Waals surface area contributed by atoms with Gasteiger partial charge >= 0.3 is 12.2 Å². The molecule has 0 spiro atoms. The van der Waals surface area contributed by atoms with E-state index < -0.39 is 22.9 Å². The molecule has 1 aromatic rings. The Labute approximate surface area is 93.3 Å². The van der Waals surface area contributed by atoms with Crippen molar-refractivity contribution in [2.75, 3.05) is 0 Å². The van der Waals surface area contributed by atoms with Crippen molar-refractivity contribution >= 4 is 5.82 Å². The third-order valence-electron chi connectivity index (χ3n) is 1.88. The molecular formula is C8H8F3N3O3. The Balaban J connectivity index is 3.29. The van der Waals surface area contributed by atoms with Gasteiger partial charge < -0.3 is 20.6 Å². The van der Waals surface area contributed by atoms with Gasteiger partial charge in [-0.1, -0.05) is 0 Å². The molecule has 0 bridgehead atoms. The van der Waals surface area contributed by atoms with Crippen LogP contribution >= 0.6 is 0 Å². The summed E-state index contributed by atoms with van der Waals surface area (Å²) in [7, 11) is 0. The van der Waals surface area contributed by atoms with E-state index in [-0.39, 0.29) is 17.8 Å². The second-order valence-corrected chi connectivity index (χ2v) is 3.06. The zero-order valence-corrected chi connectivity index (χ0v) is 8.61. The lowest BCUT2D eigenvalue weighted by molar-refractivity contribution is -0.393. The fraction of sp³-hybridized carbons (Fsp3) is 0.375. The standard InChI is InChI=1S/C8H8F3N3O3/c1-4-5(3-12)2-6(17-8(9,10)11)7(13-4)14(15)16/h2H,3,12H2,1H3. The normalized spacial score (nSPS) is 11.4. The van der Waals surface area contributed by atoms with E-state index in [9.17, 15) is 23.3 Å². The number of halogens is 3. The summed E-state index contributed by atoms with van der Waals surface area (Å²) in [4.78, 5) is 12.9. The maximum Gasteiger partial charge on any atom is 0.573 e. The maximum absolute atomic E-state index is 12.0. The van der Waals surface area contributed by atoms with Crippen molar-refractivity contribution in [3.63, 3.8) is 0 Å². The van der Waals surface area contributed by atoms with E-state index in [0.29, 0.717) is 0 Å². The zero-order valence-electron chi connectivity index (χ0n) is 8.61. The van der Waals surface area contributed by atoms with Crippen molar-refractivity contribution in [2.24, 2.45) is 5.73 Å². The average molecular weight is 251 g/mol. The molecule has 0 aliphatic rings. The van der Waals surface area contributed by atoms with Crippen LogP contribution < -0.4 is 10.5 Å². The minimum absolute atomic E-state index is 0.0922. The molecule has 0 aliphatic carbocycles. The molecule has 1 aromatic heterocycles. The Morgan fingerprint density at radius 1 is 1.59 bits per heavy atom. The van der Waals surface area contributed by atoms with Crippen LogP contribution in [0.2, 0.25) is 0 Å². The van der Waals surface area contributed by atoms with Crippen molar-refractivity contribution < 1.29 is 22.8 Å². The van der Waals surface area contributed by atoms with Gasteiger partial charge in [-0.3, -0.25) is 0 Å². The third-order valence-corrected chi connectivity index (χ3v) is 1.88. The lowest BCUT2D eigenvalue weighted by Gasteiger charge is -2.10. The highest BCUT2D eigenvalue weighted by molar-refractivity contribution is 5.44. The summed E-state index contributed by atoms with van der Waals surface area (Å²) in [5.74, 6) is -1.95. The Morgan fingerprint density at radius 3 is 2.59 bits per heavy atom. The van der Waals surface area contributed by atoms with Crippen LogP contribution in [0.3, 0.4) is 0 Å². The molecule has 6 nitrogen and oxygen atoms in total. The summed E-state index contributed by atoms with van der Waals surface area (Å²) in [5, 5.41) is 10.5. The van der Waals surface area contributed by atoms with Crippen LogP contribution in [0.1, 0.15) is 11.3 Å². The molecule has 9 heteroatoms. The van der Waals surface area contributed by atoms with E-state index in [0.717, 1.165) is 6.07 Å². The molecule has 0 atom stereocenters. The van der Waals surface area contributed by atoms with Crippen molar-refractivity contribution in [1.29, 1.82) is 0 Å². The number of nitro groups is 1. The Morgan fingerprint density at radius 2 is 2.18 bits per heavy atom. The largest absolute Gasteiger partial charge is 0.573 e. The highest BCUT2D eigenvalue weighted by Gasteiger charge is 2.35. The summed E-state index contributed by atoms with van der Waals surface area (Å²) in [6, 6.07) is 0.869. The molecule has 0 saturated carbocycles. The molecule has 1 heterocycles. The maximum atomic E-state index is 12.0. The summed E-state index contributed by atoms with van der Waals surface area (Å²) >= 11 is 0. The van der Waals surface area contributed by atoms with Gasteiger partial charge in [-0.15, -0.1) is 13.2 Å². The van der Waals surface area contributed by atoms with Gasteiger partial charge in [0.15, 0.2) is 5.69 Å². The number of hydrogen-bond acceptors (Lipinski definition) is 5. The molecule has 1 rings (SSSR count). The lowest BCUT2D eigenvalue weighted by atomic mass is 10.2. The van der Waals surface area contributed by atoms with E-state index in [1.165, 1.54) is 6.92 Å². The van der Waals surface area contributed by atoms with Gasteiger partial charge in [-0.2, -0.15) is 0 Å². The first-order valence-corrected chi connectivity index (χ1v) is 4.35. The van der Waals surface area contributed by atoms with Crippen LogP contribution in [-0.2, 0) is 6.54 Å². The Bertz CT molecular complexity index is 448. The Kier molecular flexibility index (Phi) is 3.51. The molecule has 0 amide bonds. The van der Waals surface area contributed by atoms with Crippen molar-refractivity contribution in [2.45, 2.75) is 19.8 Å². The second-order valence-electron chi connectivity index (χ2n) is 3.06. The molecule has 0 fully saturated rings. The van der Waals surface area contributed by atoms with Crippen LogP contribution in [0.15, 0.2) is 6.07 Å². The van der Waals surface area contributed by atoms with Crippen LogP contribution in [0.25, 0.3) is 0 Å². The van der Waals surface area contributed by atoms with E-state index >= 15 is 0 Å². The first-order chi connectivity index (χ1) is 7.74. The molecule has 94 valence electrons. The van der Waals surface area contributed by atoms with Crippen LogP contribution in [-0.4, -0.2) is 16.3 Å². The molecule has 0 aliphatic heterocycles. The van der Waals surface area contributed by atoms with E-state index in [2.05, 4.69) is 9.72 Å². The highest BCUT2D eigenvalue weighted by Crippen LogP contribution is 2.31. The molecular weight excluding hydrogens is 243 g/mol. The summed E-state index contributed by atoms with van der Waals surface area (Å²) in [6.07, 6.45) is -5.02. The number of aryl methyl sites for hydroxylation is 1. The number of rotatable bonds is 3. The number of nitrogens with two attached hydrogens (primary N) is 1. The third kappa shape index (κ3) is 3.28. The van der Waals surface area contributed by atoms with Crippen LogP contribution in [0.5, 0.6) is 5.75 Å². The van der Waals surface area contributed by atoms with Gasteiger partial charge in [0, 0.05) is 19.0 Å². The summed E-state index contributed by atoms with van der Waals surface area (Å²) in [6.45, 7) is 1.32. The summed E-state index contributed by atoms with van der Waals surface area (Å²) in [5.41, 5.74) is 5.70. The van der Waals surface area contributed by atoms with Crippen molar-refractivity contribution in [3.05, 3.63) is 27.4 Å². The second kappa shape index (κ2) is 4.53. The number of nitrogens with zero attached hydrogens (tertiary/aromatic N) is 2. The van der Waals surface area contributed by atoms with Gasteiger partial charge in [-0.05, 0) is 16.0 Å². The predicted octanol–water partition coefficient (Wildman–Crippen LogP) is 1.66. The SMILES string of the molecule is Cc1nc([N+](=O)[O-])c(OC(F)(F)F)cc1CN. The number of ether oxygens (including phenoxy) is 1. The fourth-order valence-corrected chi connectivity index (χ4v) is 1.15. The van der Waals surface area contributed by atoms with Gasteiger partial charge in [-0.25, -0.2) is 0 Å². The zero-order chi connectivity index (χ0) is 13.2. The van der Waals surface area contributed by atoms with E-state index in [1.807, 2.05) is 0 Å². The fourth-order valence-electron chi connectivity index (χ4n) is 1.15. The van der Waals surface area contributed by atoms with Gasteiger partial charge in [0.05, 0.1) is 0 Å². The smallest absolute Gasteiger partial charge is 0.397 e. The quantitative estimate of drug-likeness (QED) is 0.651. The first kappa shape index (κ1) is 13.2. The summed E-state index contributed by atoms with van der Waals surface area (Å²) < 4.78 is 39.6. The lowest BCUT2D eigenvalue weighted by Crippen LogP contribution is -2.19. The molecule has 0 saturated heterocycles. The van der Waals surface area contributed by atoms with Gasteiger partial charge in [0.25, 0.3) is 0 Å². The number of hydrogen-bond donors (Lipinski definition) is 1. The average Bonchev–Trinajstić information content (AvgIpc) is 2.17. The highest BCUT2D eigenvalue weighted by atomic mass is 19.4. The first-order valence-electron chi connectivity index (χ1n) is 4.35. The minimum Gasteiger partial charge on any atom is -0.397 e. The minimum atomic E-state index is -5.02. The topological polar surface area (TPSA) is 91.3 Å². The Hall–Kier alpha value is -1.90. The monoisotopic (exact) mass is 251 g/mol. The molecule has 17 heavy (non-hydrogen) atoms. The van der Waals surface area contributed by atoms with Crippen molar-refractivity contribution in [3.8, 4) is 5.75 Å². The molecule has 2 N–H and O–H groups in total. The number of aromatic nitrogens is 1. The van der Waals surface area contributed by atoms with Crippen LogP contribution in [0.4, 0.5) is 19.0 Å². The van der Waals surface area contributed by atoms with E-state index in [1.54, 1.807) is 0 Å². The van der Waals surface area contributed by atoms with E-state index in [4.69, 9.17) is 5.73 Å². The number of alkyl halides is 3. The predicted molar refractivity (Wildman–Crippen MR) is 50.2 cm³/mol. The van der Waals surface area contributed by atoms with Crippen LogP contribution in [0, 0.1) is 17.0 Å². The number of pyridine rings is 1.